The summed E-state index contributed by atoms with van der Waals surface area (Å²) in [5.41, 5.74) is 5.00. The van der Waals surface area contributed by atoms with Crippen molar-refractivity contribution in [2.24, 2.45) is 5.73 Å². The van der Waals surface area contributed by atoms with E-state index in [1.807, 2.05) is 0 Å². The van der Waals surface area contributed by atoms with Crippen LogP contribution < -0.4 is 5.73 Å². The molecule has 3 nitrogen and oxygen atoms in total. The molecule has 0 saturated heterocycles. The van der Waals surface area contributed by atoms with E-state index in [0.29, 0.717) is 0 Å². The molecule has 0 atom stereocenters. The van der Waals surface area contributed by atoms with Gasteiger partial charge in [0, 0.05) is 11.9 Å². The molecule has 0 radical (unpaired) electrons. The highest BCUT2D eigenvalue weighted by Gasteiger charge is 1.94. The zero-order chi connectivity index (χ0) is 10.7. The summed E-state index contributed by atoms with van der Waals surface area (Å²) in [5, 5.41) is 8.37. The molecule has 0 aromatic heterocycles. The van der Waals surface area contributed by atoms with E-state index in [0.717, 1.165) is 0 Å². The van der Waals surface area contributed by atoms with Gasteiger partial charge in [-0.25, -0.2) is 0 Å². The minimum Gasteiger partial charge on any atom is -0.481 e. The third-order valence-corrected chi connectivity index (χ3v) is 0.774. The molecule has 0 amide bonds. The van der Waals surface area contributed by atoms with E-state index < -0.39 is 18.8 Å². The van der Waals surface area contributed by atoms with E-state index in [4.69, 9.17) is 16.3 Å². The molecule has 3 N–H and O–H groups in total. The molecule has 0 aliphatic heterocycles. The number of rotatable bonds is 5. The summed E-state index contributed by atoms with van der Waals surface area (Å²) >= 11 is 0. The zero-order valence-corrected chi connectivity index (χ0v) is 5.05. The SMILES string of the molecule is [2H]C([2H])(N)CCCC([2H])([2H])C(=O)O. The summed E-state index contributed by atoms with van der Waals surface area (Å²) in [7, 11) is 0. The predicted molar refractivity (Wildman–Crippen MR) is 35.2 cm³/mol. The molecule has 0 aliphatic carbocycles. The maximum Gasteiger partial charge on any atom is 0.303 e. The summed E-state index contributed by atoms with van der Waals surface area (Å²) in [6.07, 6.45) is -2.44. The van der Waals surface area contributed by atoms with Gasteiger partial charge in [-0.1, -0.05) is 6.42 Å². The Morgan fingerprint density at radius 2 is 2.22 bits per heavy atom. The van der Waals surface area contributed by atoms with Crippen LogP contribution in [0.1, 0.15) is 31.1 Å². The first kappa shape index (κ1) is 3.56. The molecule has 0 aromatic rings. The number of carboxylic acid groups (broad SMARTS) is 1. The Balaban J connectivity index is 3.84. The lowest BCUT2D eigenvalue weighted by Gasteiger charge is -1.93. The molecule has 0 saturated carbocycles. The Morgan fingerprint density at radius 3 is 2.67 bits per heavy atom. The van der Waals surface area contributed by atoms with Crippen LogP contribution in [0.3, 0.4) is 0 Å². The third-order valence-electron chi connectivity index (χ3n) is 0.774. The second kappa shape index (κ2) is 5.56. The molecule has 0 bridgehead atoms. The van der Waals surface area contributed by atoms with Gasteiger partial charge in [-0.05, 0) is 19.3 Å². The summed E-state index contributed by atoms with van der Waals surface area (Å²) in [5.74, 6) is -1.52. The standard InChI is InChI=1S/C6H13NO2/c7-5-3-1-2-4-6(8)9/h1-5,7H2,(H,8,9)/i4D2,5D2. The van der Waals surface area contributed by atoms with Gasteiger partial charge < -0.3 is 10.8 Å². The lowest BCUT2D eigenvalue weighted by atomic mass is 10.2. The van der Waals surface area contributed by atoms with E-state index in [2.05, 4.69) is 0 Å². The lowest BCUT2D eigenvalue weighted by molar-refractivity contribution is -0.137. The molecule has 0 aromatic carbocycles. The maximum atomic E-state index is 10.3. The largest absolute Gasteiger partial charge is 0.481 e. The average Bonchev–Trinajstić information content (AvgIpc) is 1.82. The van der Waals surface area contributed by atoms with Crippen molar-refractivity contribution in [2.45, 2.75) is 25.6 Å². The average molecular weight is 135 g/mol. The van der Waals surface area contributed by atoms with Gasteiger partial charge in [0.1, 0.15) is 0 Å². The summed E-state index contributed by atoms with van der Waals surface area (Å²) in [6, 6.07) is 0. The first-order chi connectivity index (χ1) is 5.65. The van der Waals surface area contributed by atoms with Crippen molar-refractivity contribution >= 4 is 5.97 Å². The Kier molecular flexibility index (Phi) is 2.20. The monoisotopic (exact) mass is 135 g/mol. The highest BCUT2D eigenvalue weighted by Crippen LogP contribution is 1.97. The Labute approximate surface area is 60.5 Å². The number of nitrogens with two attached hydrogens (primary N) is 1. The van der Waals surface area contributed by atoms with Gasteiger partial charge >= 0.3 is 5.97 Å². The van der Waals surface area contributed by atoms with Crippen LogP contribution >= 0.6 is 0 Å². The van der Waals surface area contributed by atoms with Crippen LogP contribution in [0.25, 0.3) is 0 Å². The van der Waals surface area contributed by atoms with Crippen molar-refractivity contribution in [3.05, 3.63) is 0 Å². The second-order valence-electron chi connectivity index (χ2n) is 1.54. The first-order valence-corrected chi connectivity index (χ1v) is 2.67. The summed E-state index contributed by atoms with van der Waals surface area (Å²) in [6.45, 7) is -1.85. The van der Waals surface area contributed by atoms with Crippen molar-refractivity contribution in [2.75, 3.05) is 6.50 Å². The van der Waals surface area contributed by atoms with E-state index >= 15 is 0 Å². The minimum atomic E-state index is -2.29. The van der Waals surface area contributed by atoms with Crippen LogP contribution in [0.5, 0.6) is 0 Å². The van der Waals surface area contributed by atoms with Crippen molar-refractivity contribution in [1.82, 2.24) is 0 Å². The zero-order valence-electron chi connectivity index (χ0n) is 9.05. The van der Waals surface area contributed by atoms with Gasteiger partial charge in [-0.15, -0.1) is 0 Å². The topological polar surface area (TPSA) is 63.3 Å². The molecular formula is C6H13NO2. The normalized spacial score (nSPS) is 19.2. The minimum absolute atomic E-state index is 0.0419. The van der Waals surface area contributed by atoms with E-state index in [9.17, 15) is 4.79 Å². The number of hydrogen-bond donors (Lipinski definition) is 2. The summed E-state index contributed by atoms with van der Waals surface area (Å²) in [4.78, 5) is 10.3. The van der Waals surface area contributed by atoms with E-state index in [1.165, 1.54) is 0 Å². The van der Waals surface area contributed by atoms with Crippen molar-refractivity contribution in [3.8, 4) is 0 Å². The lowest BCUT2D eigenvalue weighted by Crippen LogP contribution is -1.99. The Hall–Kier alpha value is -0.570. The molecule has 0 spiro atoms. The molecule has 0 unspecified atom stereocenters. The first-order valence-electron chi connectivity index (χ1n) is 4.67. The van der Waals surface area contributed by atoms with Gasteiger partial charge in [0.15, 0.2) is 0 Å². The number of carbonyl (C=O) groups is 1. The molecule has 0 rings (SSSR count). The fraction of sp³-hybridized carbons (Fsp3) is 0.833. The third kappa shape index (κ3) is 7.43. The van der Waals surface area contributed by atoms with Gasteiger partial charge in [-0.2, -0.15) is 0 Å². The highest BCUT2D eigenvalue weighted by atomic mass is 16.4. The van der Waals surface area contributed by atoms with Crippen LogP contribution in [0.4, 0.5) is 0 Å². The van der Waals surface area contributed by atoms with Gasteiger partial charge in [0.2, 0.25) is 0 Å². The fourth-order valence-corrected chi connectivity index (χ4v) is 0.386. The van der Waals surface area contributed by atoms with Crippen LogP contribution in [-0.2, 0) is 4.79 Å². The summed E-state index contributed by atoms with van der Waals surface area (Å²) < 4.78 is 27.8. The van der Waals surface area contributed by atoms with Gasteiger partial charge in [0.05, 0.1) is 0 Å². The fourth-order valence-electron chi connectivity index (χ4n) is 0.386. The van der Waals surface area contributed by atoms with Crippen LogP contribution in [0, 0.1) is 0 Å². The smallest absolute Gasteiger partial charge is 0.303 e. The Bertz CT molecular complexity index is 190. The predicted octanol–water partition coefficient (Wildman–Crippen LogP) is 0.590. The van der Waals surface area contributed by atoms with Crippen molar-refractivity contribution in [1.29, 1.82) is 0 Å². The van der Waals surface area contributed by atoms with Crippen LogP contribution in [-0.4, -0.2) is 17.6 Å². The van der Waals surface area contributed by atoms with Crippen molar-refractivity contribution < 1.29 is 15.4 Å². The van der Waals surface area contributed by atoms with E-state index in [-0.39, 0.29) is 19.3 Å². The maximum absolute atomic E-state index is 10.3. The van der Waals surface area contributed by atoms with Gasteiger partial charge in [0.25, 0.3) is 0 Å². The quantitative estimate of drug-likeness (QED) is 0.580. The molecule has 0 heterocycles. The Morgan fingerprint density at radius 1 is 1.56 bits per heavy atom. The molecule has 54 valence electrons. The molecule has 9 heavy (non-hydrogen) atoms. The highest BCUT2D eigenvalue weighted by molar-refractivity contribution is 5.66. The van der Waals surface area contributed by atoms with Gasteiger partial charge in [-0.3, -0.25) is 4.79 Å². The molecule has 0 fully saturated rings. The second-order valence-corrected chi connectivity index (χ2v) is 1.54. The van der Waals surface area contributed by atoms with Crippen LogP contribution in [0.15, 0.2) is 0 Å². The number of hydrogen-bond acceptors (Lipinski definition) is 2. The van der Waals surface area contributed by atoms with Crippen molar-refractivity contribution in [3.63, 3.8) is 0 Å². The van der Waals surface area contributed by atoms with Crippen LogP contribution in [0.2, 0.25) is 0 Å². The molecule has 3 heteroatoms. The number of aliphatic carboxylic acids is 1. The molecular weight excluding hydrogens is 118 g/mol. The molecule has 0 aliphatic rings. The number of carboxylic acids is 1. The van der Waals surface area contributed by atoms with E-state index in [1.54, 1.807) is 0 Å².